The van der Waals surface area contributed by atoms with E-state index in [2.05, 4.69) is 34.0 Å². The molecule has 0 aliphatic carbocycles. The van der Waals surface area contributed by atoms with Gasteiger partial charge >= 0.3 is 0 Å². The van der Waals surface area contributed by atoms with Gasteiger partial charge in [0, 0.05) is 19.0 Å². The molecule has 2 N–H and O–H groups in total. The fraction of sp³-hybridized carbons (Fsp3) is 0.375. The molecule has 1 fully saturated rings. The number of piperidine rings is 1. The van der Waals surface area contributed by atoms with E-state index in [1.54, 1.807) is 0 Å². The number of fused-ring (bicyclic) bond motifs is 2. The van der Waals surface area contributed by atoms with E-state index < -0.39 is 0 Å². The molecule has 1 amide bonds. The molecule has 2 aromatic carbocycles. The number of hydrogen-bond donors (Lipinski definition) is 2. The van der Waals surface area contributed by atoms with E-state index in [1.807, 2.05) is 48.5 Å². The summed E-state index contributed by atoms with van der Waals surface area (Å²) in [5, 5.41) is 3.25. The van der Waals surface area contributed by atoms with Gasteiger partial charge in [-0.15, -0.1) is 0 Å². The van der Waals surface area contributed by atoms with Crippen LogP contribution >= 0.6 is 0 Å². The molecule has 31 heavy (non-hydrogen) atoms. The monoisotopic (exact) mass is 417 g/mol. The molecular weight excluding hydrogens is 390 g/mol. The van der Waals surface area contributed by atoms with Crippen LogP contribution < -0.4 is 10.2 Å². The largest absolute Gasteiger partial charge is 0.423 e. The third kappa shape index (κ3) is 3.87. The van der Waals surface area contributed by atoms with Gasteiger partial charge in [-0.2, -0.15) is 4.98 Å². The van der Waals surface area contributed by atoms with Crippen LogP contribution in [0.25, 0.3) is 22.1 Å². The second-order valence-corrected chi connectivity index (χ2v) is 8.59. The van der Waals surface area contributed by atoms with Crippen LogP contribution in [0.2, 0.25) is 0 Å². The third-order valence-electron chi connectivity index (χ3n) is 6.09. The number of imidazole rings is 1. The molecule has 160 valence electrons. The predicted octanol–water partition coefficient (Wildman–Crippen LogP) is 4.43. The lowest BCUT2D eigenvalue weighted by Crippen LogP contribution is -2.42. The molecule has 1 aliphatic heterocycles. The fourth-order valence-corrected chi connectivity index (χ4v) is 4.27. The number of aromatic amines is 1. The molecule has 1 atom stereocenters. The number of amides is 1. The summed E-state index contributed by atoms with van der Waals surface area (Å²) in [5.74, 6) is 1.11. The van der Waals surface area contributed by atoms with Crippen LogP contribution in [0.3, 0.4) is 0 Å². The van der Waals surface area contributed by atoms with E-state index in [9.17, 15) is 4.79 Å². The summed E-state index contributed by atoms with van der Waals surface area (Å²) in [6, 6.07) is 16.2. The average Bonchev–Trinajstić information content (AvgIpc) is 3.41. The first-order chi connectivity index (χ1) is 15.1. The molecule has 7 nitrogen and oxygen atoms in total. The highest BCUT2D eigenvalue weighted by Gasteiger charge is 2.30. The van der Waals surface area contributed by atoms with Gasteiger partial charge in [0.1, 0.15) is 11.3 Å². The molecule has 1 saturated heterocycles. The quantitative estimate of drug-likeness (QED) is 0.501. The van der Waals surface area contributed by atoms with Crippen LogP contribution in [0.15, 0.2) is 52.9 Å². The molecule has 4 aromatic rings. The highest BCUT2D eigenvalue weighted by molar-refractivity contribution is 5.80. The molecule has 2 aromatic heterocycles. The van der Waals surface area contributed by atoms with Crippen molar-refractivity contribution in [3.8, 4) is 0 Å². The molecule has 5 rings (SSSR count). The van der Waals surface area contributed by atoms with Crippen molar-refractivity contribution < 1.29 is 9.21 Å². The van der Waals surface area contributed by atoms with Gasteiger partial charge in [-0.1, -0.05) is 38.1 Å². The Labute approximate surface area is 180 Å². The van der Waals surface area contributed by atoms with Crippen molar-refractivity contribution in [3.05, 3.63) is 54.4 Å². The standard InChI is InChI=1S/C24H27N5O2/c1-15(2)21(22-25-17-7-3-4-8-18(17)26-22)28-23(30)16-11-13-29(14-12-16)24-27-19-9-5-6-10-20(19)31-24/h3-10,15-16,21H,11-14H2,1-2H3,(H,25,26)(H,28,30)/t21-/m1/s1. The predicted molar refractivity (Wildman–Crippen MR) is 121 cm³/mol. The lowest BCUT2D eigenvalue weighted by atomic mass is 9.94. The SMILES string of the molecule is CC(C)[C@@H](NC(=O)C1CCN(c2nc3ccccc3o2)CC1)c1nc2ccccc2[nH]1. The molecule has 1 aliphatic rings. The second-order valence-electron chi connectivity index (χ2n) is 8.59. The number of benzene rings is 2. The molecule has 0 bridgehead atoms. The number of aromatic nitrogens is 3. The van der Waals surface area contributed by atoms with Gasteiger partial charge in [-0.3, -0.25) is 4.79 Å². The Bertz CT molecular complexity index is 1140. The van der Waals surface area contributed by atoms with Crippen LogP contribution in [0, 0.1) is 11.8 Å². The van der Waals surface area contributed by atoms with Gasteiger partial charge < -0.3 is 19.6 Å². The Balaban J connectivity index is 1.24. The minimum absolute atomic E-state index is 0.0220. The van der Waals surface area contributed by atoms with Crippen LogP contribution in [0.5, 0.6) is 0 Å². The van der Waals surface area contributed by atoms with E-state index >= 15 is 0 Å². The normalized spacial score (nSPS) is 16.3. The minimum atomic E-state index is -0.144. The summed E-state index contributed by atoms with van der Waals surface area (Å²) in [6.07, 6.45) is 1.55. The number of anilines is 1. The van der Waals surface area contributed by atoms with Crippen LogP contribution in [-0.4, -0.2) is 33.9 Å². The summed E-state index contributed by atoms with van der Waals surface area (Å²) >= 11 is 0. The maximum Gasteiger partial charge on any atom is 0.298 e. The Kier molecular flexibility index (Phi) is 5.10. The van der Waals surface area contributed by atoms with Crippen molar-refractivity contribution in [2.75, 3.05) is 18.0 Å². The van der Waals surface area contributed by atoms with Crippen LogP contribution in [0.1, 0.15) is 38.6 Å². The van der Waals surface area contributed by atoms with E-state index in [0.717, 1.165) is 53.9 Å². The number of para-hydroxylation sites is 4. The summed E-state index contributed by atoms with van der Waals surface area (Å²) < 4.78 is 5.89. The number of rotatable bonds is 5. The fourth-order valence-electron chi connectivity index (χ4n) is 4.27. The lowest BCUT2D eigenvalue weighted by molar-refractivity contribution is -0.126. The van der Waals surface area contributed by atoms with Gasteiger partial charge in [0.15, 0.2) is 5.58 Å². The second kappa shape index (κ2) is 8.06. The summed E-state index contributed by atoms with van der Waals surface area (Å²) in [7, 11) is 0. The zero-order valence-electron chi connectivity index (χ0n) is 17.8. The Morgan fingerprint density at radius 1 is 1.06 bits per heavy atom. The zero-order valence-corrected chi connectivity index (χ0v) is 17.8. The first-order valence-corrected chi connectivity index (χ1v) is 10.9. The van der Waals surface area contributed by atoms with Crippen LogP contribution in [0.4, 0.5) is 6.01 Å². The Hall–Kier alpha value is -3.35. The highest BCUT2D eigenvalue weighted by Crippen LogP contribution is 2.28. The smallest absolute Gasteiger partial charge is 0.298 e. The third-order valence-corrected chi connectivity index (χ3v) is 6.09. The maximum absolute atomic E-state index is 13.1. The van der Waals surface area contributed by atoms with Crippen molar-refractivity contribution in [2.24, 2.45) is 11.8 Å². The summed E-state index contributed by atoms with van der Waals surface area (Å²) in [4.78, 5) is 27.9. The Morgan fingerprint density at radius 2 is 1.77 bits per heavy atom. The minimum Gasteiger partial charge on any atom is -0.423 e. The van der Waals surface area contributed by atoms with Gasteiger partial charge in [0.25, 0.3) is 6.01 Å². The molecule has 3 heterocycles. The van der Waals surface area contributed by atoms with Gasteiger partial charge in [0.2, 0.25) is 5.91 Å². The zero-order chi connectivity index (χ0) is 21.4. The summed E-state index contributed by atoms with van der Waals surface area (Å²) in [5.41, 5.74) is 3.57. The number of hydrogen-bond acceptors (Lipinski definition) is 5. The molecular formula is C24H27N5O2. The van der Waals surface area contributed by atoms with Crippen molar-refractivity contribution in [3.63, 3.8) is 0 Å². The molecule has 0 radical (unpaired) electrons. The van der Waals surface area contributed by atoms with Crippen molar-refractivity contribution >= 4 is 34.1 Å². The first kappa shape index (κ1) is 19.6. The topological polar surface area (TPSA) is 87.1 Å². The highest BCUT2D eigenvalue weighted by atomic mass is 16.4. The van der Waals surface area contributed by atoms with Crippen LogP contribution in [-0.2, 0) is 4.79 Å². The number of carbonyl (C=O) groups excluding carboxylic acids is 1. The number of nitrogens with one attached hydrogen (secondary N) is 2. The van der Waals surface area contributed by atoms with E-state index in [4.69, 9.17) is 9.40 Å². The maximum atomic E-state index is 13.1. The van der Waals surface area contributed by atoms with Gasteiger partial charge in [0.05, 0.1) is 17.1 Å². The first-order valence-electron chi connectivity index (χ1n) is 10.9. The van der Waals surface area contributed by atoms with Crippen molar-refractivity contribution in [1.29, 1.82) is 0 Å². The molecule has 0 unspecified atom stereocenters. The Morgan fingerprint density at radius 3 is 2.48 bits per heavy atom. The summed E-state index contributed by atoms with van der Waals surface area (Å²) in [6.45, 7) is 5.71. The van der Waals surface area contributed by atoms with Gasteiger partial charge in [-0.05, 0) is 43.0 Å². The number of oxazole rings is 1. The number of carbonyl (C=O) groups is 1. The molecule has 7 heteroatoms. The average molecular weight is 418 g/mol. The lowest BCUT2D eigenvalue weighted by Gasteiger charge is -2.31. The van der Waals surface area contributed by atoms with Crippen molar-refractivity contribution in [2.45, 2.75) is 32.7 Å². The van der Waals surface area contributed by atoms with Crippen molar-refractivity contribution in [1.82, 2.24) is 20.3 Å². The molecule has 0 spiro atoms. The van der Waals surface area contributed by atoms with E-state index in [-0.39, 0.29) is 23.8 Å². The van der Waals surface area contributed by atoms with E-state index in [1.165, 1.54) is 0 Å². The number of nitrogens with zero attached hydrogens (tertiary/aromatic N) is 3. The molecule has 0 saturated carbocycles. The van der Waals surface area contributed by atoms with E-state index in [0.29, 0.717) is 6.01 Å². The number of H-pyrrole nitrogens is 1. The van der Waals surface area contributed by atoms with Gasteiger partial charge in [-0.25, -0.2) is 4.98 Å².